The van der Waals surface area contributed by atoms with Crippen LogP contribution in [0.1, 0.15) is 20.3 Å². The Balaban J connectivity index is 1.79. The Labute approximate surface area is 146 Å². The van der Waals surface area contributed by atoms with Crippen molar-refractivity contribution >= 4 is 28.5 Å². The lowest BCUT2D eigenvalue weighted by atomic mass is 9.92. The molecule has 24 heavy (non-hydrogen) atoms. The molecule has 0 N–H and O–H groups in total. The molecule has 6 heteroatoms. The van der Waals surface area contributed by atoms with E-state index in [0.29, 0.717) is 16.9 Å². The van der Waals surface area contributed by atoms with E-state index in [9.17, 15) is 0 Å². The fourth-order valence-electron chi connectivity index (χ4n) is 3.72. The molecule has 1 saturated heterocycles. The number of hydrogen-bond donors (Lipinski definition) is 0. The van der Waals surface area contributed by atoms with Gasteiger partial charge in [-0.3, -0.25) is 0 Å². The lowest BCUT2D eigenvalue weighted by Gasteiger charge is -2.35. The van der Waals surface area contributed by atoms with Crippen LogP contribution in [0.3, 0.4) is 0 Å². The van der Waals surface area contributed by atoms with Crippen LogP contribution < -0.4 is 4.90 Å². The van der Waals surface area contributed by atoms with Gasteiger partial charge in [0.15, 0.2) is 5.65 Å². The summed E-state index contributed by atoms with van der Waals surface area (Å²) in [6, 6.07) is 7.64. The molecule has 1 fully saturated rings. The van der Waals surface area contributed by atoms with Crippen molar-refractivity contribution in [1.82, 2.24) is 19.7 Å². The highest BCUT2D eigenvalue weighted by Crippen LogP contribution is 2.30. The number of rotatable bonds is 2. The van der Waals surface area contributed by atoms with E-state index in [1.807, 2.05) is 35.1 Å². The quantitative estimate of drug-likeness (QED) is 0.708. The lowest BCUT2D eigenvalue weighted by molar-refractivity contribution is 0.356. The third kappa shape index (κ3) is 2.73. The van der Waals surface area contributed by atoms with E-state index in [2.05, 4.69) is 33.8 Å². The second-order valence-corrected chi connectivity index (χ2v) is 7.26. The zero-order valence-corrected chi connectivity index (χ0v) is 14.6. The van der Waals surface area contributed by atoms with Crippen LogP contribution in [0.5, 0.6) is 0 Å². The molecule has 0 unspecified atom stereocenters. The zero-order valence-electron chi connectivity index (χ0n) is 13.9. The van der Waals surface area contributed by atoms with E-state index < -0.39 is 0 Å². The van der Waals surface area contributed by atoms with E-state index in [0.717, 1.165) is 35.6 Å². The summed E-state index contributed by atoms with van der Waals surface area (Å²) in [6.45, 7) is 6.66. The maximum atomic E-state index is 6.12. The highest BCUT2D eigenvalue weighted by atomic mass is 35.5. The molecule has 3 heterocycles. The van der Waals surface area contributed by atoms with Crippen molar-refractivity contribution in [3.05, 3.63) is 41.8 Å². The van der Waals surface area contributed by atoms with Gasteiger partial charge in [-0.2, -0.15) is 5.10 Å². The Bertz CT molecular complexity index is 865. The third-order valence-electron chi connectivity index (χ3n) is 4.57. The number of benzene rings is 1. The first kappa shape index (κ1) is 15.4. The van der Waals surface area contributed by atoms with Gasteiger partial charge in [-0.25, -0.2) is 14.6 Å². The first-order chi connectivity index (χ1) is 11.6. The molecule has 1 aromatic carbocycles. The summed E-state index contributed by atoms with van der Waals surface area (Å²) < 4.78 is 1.82. The minimum Gasteiger partial charge on any atom is -0.355 e. The van der Waals surface area contributed by atoms with E-state index >= 15 is 0 Å². The number of aromatic nitrogens is 4. The molecule has 3 aromatic rings. The second kappa shape index (κ2) is 6.06. The summed E-state index contributed by atoms with van der Waals surface area (Å²) in [5, 5.41) is 6.20. The number of anilines is 1. The van der Waals surface area contributed by atoms with Crippen LogP contribution >= 0.6 is 11.6 Å². The first-order valence-electron chi connectivity index (χ1n) is 8.31. The van der Waals surface area contributed by atoms with Gasteiger partial charge in [0.1, 0.15) is 12.1 Å². The maximum Gasteiger partial charge on any atom is 0.168 e. The molecule has 4 rings (SSSR count). The van der Waals surface area contributed by atoms with Crippen LogP contribution in [-0.4, -0.2) is 32.8 Å². The van der Waals surface area contributed by atoms with Crippen molar-refractivity contribution in [2.24, 2.45) is 11.8 Å². The summed E-state index contributed by atoms with van der Waals surface area (Å²) in [5.41, 5.74) is 1.72. The average molecular weight is 342 g/mol. The second-order valence-electron chi connectivity index (χ2n) is 6.82. The Kier molecular flexibility index (Phi) is 3.88. The normalized spacial score (nSPS) is 21.4. The van der Waals surface area contributed by atoms with E-state index in [4.69, 9.17) is 11.6 Å². The fourth-order valence-corrected chi connectivity index (χ4v) is 3.90. The number of fused-ring (bicyclic) bond motifs is 1. The van der Waals surface area contributed by atoms with Gasteiger partial charge in [0.2, 0.25) is 0 Å². The summed E-state index contributed by atoms with van der Waals surface area (Å²) in [5.74, 6) is 2.31. The van der Waals surface area contributed by atoms with Crippen molar-refractivity contribution < 1.29 is 0 Å². The predicted molar refractivity (Wildman–Crippen MR) is 96.8 cm³/mol. The van der Waals surface area contributed by atoms with Gasteiger partial charge in [0.05, 0.1) is 17.3 Å². The lowest BCUT2D eigenvalue weighted by Crippen LogP contribution is -2.39. The number of piperidine rings is 1. The predicted octanol–water partition coefficient (Wildman–Crippen LogP) is 3.95. The largest absolute Gasteiger partial charge is 0.355 e. The van der Waals surface area contributed by atoms with Crippen molar-refractivity contribution in [2.75, 3.05) is 18.0 Å². The molecule has 1 aliphatic rings. The van der Waals surface area contributed by atoms with E-state index in [-0.39, 0.29) is 0 Å². The highest BCUT2D eigenvalue weighted by molar-refractivity contribution is 6.30. The highest BCUT2D eigenvalue weighted by Gasteiger charge is 2.25. The van der Waals surface area contributed by atoms with Crippen LogP contribution in [-0.2, 0) is 0 Å². The average Bonchev–Trinajstić information content (AvgIpc) is 2.98. The molecule has 0 aliphatic carbocycles. The first-order valence-corrected chi connectivity index (χ1v) is 8.69. The van der Waals surface area contributed by atoms with Crippen molar-refractivity contribution in [3.63, 3.8) is 0 Å². The summed E-state index contributed by atoms with van der Waals surface area (Å²) in [7, 11) is 0. The third-order valence-corrected chi connectivity index (χ3v) is 4.80. The molecule has 5 nitrogen and oxygen atoms in total. The van der Waals surface area contributed by atoms with Gasteiger partial charge in [0, 0.05) is 18.1 Å². The summed E-state index contributed by atoms with van der Waals surface area (Å²) in [4.78, 5) is 11.4. The monoisotopic (exact) mass is 341 g/mol. The Morgan fingerprint density at radius 3 is 2.67 bits per heavy atom. The number of hydrogen-bond acceptors (Lipinski definition) is 4. The van der Waals surface area contributed by atoms with E-state index in [1.165, 1.54) is 6.42 Å². The smallest absolute Gasteiger partial charge is 0.168 e. The topological polar surface area (TPSA) is 46.8 Å². The Morgan fingerprint density at radius 1 is 1.12 bits per heavy atom. The fraction of sp³-hybridized carbons (Fsp3) is 0.389. The van der Waals surface area contributed by atoms with Gasteiger partial charge in [-0.1, -0.05) is 31.5 Å². The maximum absolute atomic E-state index is 6.12. The van der Waals surface area contributed by atoms with Crippen LogP contribution in [0, 0.1) is 11.8 Å². The van der Waals surface area contributed by atoms with Crippen LogP contribution in [0.15, 0.2) is 36.8 Å². The molecule has 1 aliphatic heterocycles. The van der Waals surface area contributed by atoms with Gasteiger partial charge in [-0.05, 0) is 36.5 Å². The van der Waals surface area contributed by atoms with Crippen LogP contribution in [0.2, 0.25) is 5.02 Å². The van der Waals surface area contributed by atoms with Crippen molar-refractivity contribution in [2.45, 2.75) is 20.3 Å². The zero-order chi connectivity index (χ0) is 16.7. The minimum atomic E-state index is 0.668. The molecule has 0 radical (unpaired) electrons. The molecule has 124 valence electrons. The molecular formula is C18H20ClN5. The molecule has 2 aromatic heterocycles. The molecule has 0 bridgehead atoms. The SMILES string of the molecule is C[C@@H]1C[C@@H](C)CN(c2ncnc3c2cnn3-c2cccc(Cl)c2)C1. The Morgan fingerprint density at radius 2 is 1.92 bits per heavy atom. The molecule has 0 spiro atoms. The van der Waals surface area contributed by atoms with Gasteiger partial charge in [-0.15, -0.1) is 0 Å². The van der Waals surface area contributed by atoms with Crippen LogP contribution in [0.4, 0.5) is 5.82 Å². The molecule has 2 atom stereocenters. The number of halogens is 1. The van der Waals surface area contributed by atoms with Crippen molar-refractivity contribution in [3.8, 4) is 5.69 Å². The van der Waals surface area contributed by atoms with E-state index in [1.54, 1.807) is 6.33 Å². The van der Waals surface area contributed by atoms with Crippen LogP contribution in [0.25, 0.3) is 16.7 Å². The minimum absolute atomic E-state index is 0.668. The standard InChI is InChI=1S/C18H20ClN5/c1-12-6-13(2)10-23(9-12)17-16-8-22-24(18(16)21-11-20-17)15-5-3-4-14(19)7-15/h3-5,7-8,11-13H,6,9-10H2,1-2H3/t12-,13-/m1/s1. The van der Waals surface area contributed by atoms with Gasteiger partial charge < -0.3 is 4.90 Å². The summed E-state index contributed by atoms with van der Waals surface area (Å²) >= 11 is 6.12. The van der Waals surface area contributed by atoms with Gasteiger partial charge >= 0.3 is 0 Å². The van der Waals surface area contributed by atoms with Gasteiger partial charge in [0.25, 0.3) is 0 Å². The molecule has 0 amide bonds. The Hall–Kier alpha value is -2.14. The molecular weight excluding hydrogens is 322 g/mol. The molecule has 0 saturated carbocycles. The number of nitrogens with zero attached hydrogens (tertiary/aromatic N) is 5. The summed E-state index contributed by atoms with van der Waals surface area (Å²) in [6.07, 6.45) is 4.76. The van der Waals surface area contributed by atoms with Crippen molar-refractivity contribution in [1.29, 1.82) is 0 Å².